The molecule has 132 valence electrons. The van der Waals surface area contributed by atoms with Crippen molar-refractivity contribution in [1.29, 1.82) is 5.26 Å². The van der Waals surface area contributed by atoms with Crippen molar-refractivity contribution in [2.24, 2.45) is 0 Å². The Morgan fingerprint density at radius 2 is 1.63 bits per heavy atom. The van der Waals surface area contributed by atoms with E-state index >= 15 is 0 Å². The second-order valence-electron chi connectivity index (χ2n) is 5.43. The summed E-state index contributed by atoms with van der Waals surface area (Å²) in [7, 11) is 0. The van der Waals surface area contributed by atoms with Crippen molar-refractivity contribution in [2.75, 3.05) is 5.32 Å². The van der Waals surface area contributed by atoms with E-state index in [2.05, 4.69) is 15.3 Å². The summed E-state index contributed by atoms with van der Waals surface area (Å²) in [6, 6.07) is 16.2. The number of amides is 1. The molecule has 0 aliphatic carbocycles. The third kappa shape index (κ3) is 4.50. The molecule has 0 saturated carbocycles. The summed E-state index contributed by atoms with van der Waals surface area (Å²) in [4.78, 5) is 20.9. The van der Waals surface area contributed by atoms with Crippen molar-refractivity contribution >= 4 is 40.9 Å². The number of carbonyl (C=O) groups excluding carboxylic acids is 1. The Balaban J connectivity index is 1.82. The van der Waals surface area contributed by atoms with Crippen LogP contribution in [0.3, 0.4) is 0 Å². The summed E-state index contributed by atoms with van der Waals surface area (Å²) in [5.41, 5.74) is 1.52. The molecule has 3 aromatic rings. The molecule has 0 atom stereocenters. The fourth-order valence-electron chi connectivity index (χ4n) is 2.26. The number of nitrogens with one attached hydrogen (secondary N) is 1. The SMILES string of the molecule is N#C/C(=C/c1cnc(-c2ccccc2)nc1)C(=O)Nc1c(Cl)cccc1Cl. The molecule has 0 aliphatic heterocycles. The lowest BCUT2D eigenvalue weighted by atomic mass is 10.1. The van der Waals surface area contributed by atoms with E-state index in [-0.39, 0.29) is 21.3 Å². The quantitative estimate of drug-likeness (QED) is 0.498. The molecule has 1 amide bonds. The second kappa shape index (κ2) is 8.45. The second-order valence-corrected chi connectivity index (χ2v) is 6.24. The van der Waals surface area contributed by atoms with E-state index < -0.39 is 5.91 Å². The molecule has 1 aromatic heterocycles. The van der Waals surface area contributed by atoms with E-state index in [0.717, 1.165) is 5.56 Å². The predicted molar refractivity (Wildman–Crippen MR) is 106 cm³/mol. The van der Waals surface area contributed by atoms with Crippen LogP contribution in [-0.4, -0.2) is 15.9 Å². The number of benzene rings is 2. The van der Waals surface area contributed by atoms with Gasteiger partial charge in [-0.1, -0.05) is 59.6 Å². The third-order valence-electron chi connectivity index (χ3n) is 3.58. The van der Waals surface area contributed by atoms with Gasteiger partial charge >= 0.3 is 0 Å². The number of nitriles is 1. The van der Waals surface area contributed by atoms with E-state index in [1.165, 1.54) is 6.08 Å². The molecule has 0 aliphatic rings. The van der Waals surface area contributed by atoms with E-state index in [4.69, 9.17) is 23.2 Å². The van der Waals surface area contributed by atoms with Gasteiger partial charge in [-0.15, -0.1) is 0 Å². The van der Waals surface area contributed by atoms with E-state index in [9.17, 15) is 10.1 Å². The van der Waals surface area contributed by atoms with Crippen LogP contribution >= 0.6 is 23.2 Å². The molecule has 5 nitrogen and oxygen atoms in total. The maximum absolute atomic E-state index is 12.4. The number of halogens is 2. The van der Waals surface area contributed by atoms with Crippen LogP contribution in [0.25, 0.3) is 17.5 Å². The van der Waals surface area contributed by atoms with Gasteiger partial charge in [-0.2, -0.15) is 5.26 Å². The zero-order chi connectivity index (χ0) is 19.2. The number of hydrogen-bond acceptors (Lipinski definition) is 4. The molecule has 1 N–H and O–H groups in total. The first-order valence-corrected chi connectivity index (χ1v) is 8.58. The maximum Gasteiger partial charge on any atom is 0.266 e. The van der Waals surface area contributed by atoms with Gasteiger partial charge in [-0.3, -0.25) is 4.79 Å². The minimum Gasteiger partial charge on any atom is -0.319 e. The predicted octanol–water partition coefficient (Wildman–Crippen LogP) is 5.00. The average molecular weight is 395 g/mol. The number of rotatable bonds is 4. The van der Waals surface area contributed by atoms with Crippen molar-refractivity contribution in [1.82, 2.24) is 9.97 Å². The van der Waals surface area contributed by atoms with Crippen molar-refractivity contribution in [3.63, 3.8) is 0 Å². The highest BCUT2D eigenvalue weighted by molar-refractivity contribution is 6.40. The molecule has 3 rings (SSSR count). The molecule has 0 unspecified atom stereocenters. The fourth-order valence-corrected chi connectivity index (χ4v) is 2.75. The van der Waals surface area contributed by atoms with Gasteiger partial charge in [-0.25, -0.2) is 9.97 Å². The van der Waals surface area contributed by atoms with Crippen LogP contribution in [0.5, 0.6) is 0 Å². The summed E-state index contributed by atoms with van der Waals surface area (Å²) in [6.45, 7) is 0. The molecule has 7 heteroatoms. The highest BCUT2D eigenvalue weighted by Gasteiger charge is 2.14. The van der Waals surface area contributed by atoms with Gasteiger partial charge < -0.3 is 5.32 Å². The Kier molecular flexibility index (Phi) is 5.82. The summed E-state index contributed by atoms with van der Waals surface area (Å²) in [5.74, 6) is -0.0711. The Bertz CT molecular complexity index is 1020. The summed E-state index contributed by atoms with van der Waals surface area (Å²) >= 11 is 12.1. The molecule has 0 bridgehead atoms. The van der Waals surface area contributed by atoms with Gasteiger partial charge in [0, 0.05) is 23.5 Å². The highest BCUT2D eigenvalue weighted by Crippen LogP contribution is 2.30. The molecule has 27 heavy (non-hydrogen) atoms. The minimum atomic E-state index is -0.625. The first kappa shape index (κ1) is 18.6. The first-order chi connectivity index (χ1) is 13.1. The van der Waals surface area contributed by atoms with Crippen molar-refractivity contribution in [3.8, 4) is 17.5 Å². The molecule has 1 heterocycles. The van der Waals surface area contributed by atoms with Gasteiger partial charge in [0.1, 0.15) is 11.6 Å². The molecular formula is C20H12Cl2N4O. The lowest BCUT2D eigenvalue weighted by Gasteiger charge is -2.08. The Morgan fingerprint density at radius 1 is 1.00 bits per heavy atom. The summed E-state index contributed by atoms with van der Waals surface area (Å²) < 4.78 is 0. The maximum atomic E-state index is 12.4. The number of carbonyl (C=O) groups is 1. The van der Waals surface area contributed by atoms with Crippen LogP contribution in [0.15, 0.2) is 66.5 Å². The standard InChI is InChI=1S/C20H12Cl2N4O/c21-16-7-4-8-17(22)18(16)26-20(27)15(10-23)9-13-11-24-19(25-12-13)14-5-2-1-3-6-14/h1-9,11-12H,(H,26,27)/b15-9-. The fraction of sp³-hybridized carbons (Fsp3) is 0. The Morgan fingerprint density at radius 3 is 2.22 bits per heavy atom. The van der Waals surface area contributed by atoms with Crippen LogP contribution in [0.2, 0.25) is 10.0 Å². The van der Waals surface area contributed by atoms with Crippen LogP contribution in [-0.2, 0) is 4.79 Å². The molecular weight excluding hydrogens is 383 g/mol. The zero-order valence-electron chi connectivity index (χ0n) is 13.9. The monoisotopic (exact) mass is 394 g/mol. The Labute approximate surface area is 165 Å². The topological polar surface area (TPSA) is 78.7 Å². The van der Waals surface area contributed by atoms with Crippen LogP contribution < -0.4 is 5.32 Å². The Hall–Kier alpha value is -3.20. The van der Waals surface area contributed by atoms with Crippen LogP contribution in [0.4, 0.5) is 5.69 Å². The molecule has 0 saturated heterocycles. The van der Waals surface area contributed by atoms with Crippen molar-refractivity contribution in [2.45, 2.75) is 0 Å². The lowest BCUT2D eigenvalue weighted by Crippen LogP contribution is -2.14. The first-order valence-electron chi connectivity index (χ1n) is 7.83. The molecule has 0 fully saturated rings. The van der Waals surface area contributed by atoms with E-state index in [1.807, 2.05) is 36.4 Å². The molecule has 0 radical (unpaired) electrons. The van der Waals surface area contributed by atoms with E-state index in [0.29, 0.717) is 11.4 Å². The largest absolute Gasteiger partial charge is 0.319 e. The average Bonchev–Trinajstić information content (AvgIpc) is 2.70. The van der Waals surface area contributed by atoms with Crippen LogP contribution in [0, 0.1) is 11.3 Å². The molecule has 2 aromatic carbocycles. The summed E-state index contributed by atoms with van der Waals surface area (Å²) in [5, 5.41) is 12.4. The minimum absolute atomic E-state index is 0.123. The van der Waals surface area contributed by atoms with E-state index in [1.54, 1.807) is 30.6 Å². The van der Waals surface area contributed by atoms with Gasteiger partial charge in [0.2, 0.25) is 0 Å². The number of anilines is 1. The van der Waals surface area contributed by atoms with Gasteiger partial charge in [0.15, 0.2) is 5.82 Å². The van der Waals surface area contributed by atoms with Gasteiger partial charge in [0.05, 0.1) is 15.7 Å². The number of aromatic nitrogens is 2. The van der Waals surface area contributed by atoms with Gasteiger partial charge in [-0.05, 0) is 18.2 Å². The number of hydrogen-bond donors (Lipinski definition) is 1. The van der Waals surface area contributed by atoms with Crippen LogP contribution in [0.1, 0.15) is 5.56 Å². The van der Waals surface area contributed by atoms with Gasteiger partial charge in [0.25, 0.3) is 5.91 Å². The zero-order valence-corrected chi connectivity index (χ0v) is 15.4. The number of para-hydroxylation sites is 1. The third-order valence-corrected chi connectivity index (χ3v) is 4.21. The molecule has 0 spiro atoms. The van der Waals surface area contributed by atoms with Crippen molar-refractivity contribution in [3.05, 3.63) is 82.1 Å². The highest BCUT2D eigenvalue weighted by atomic mass is 35.5. The number of nitrogens with zero attached hydrogens (tertiary/aromatic N) is 3. The smallest absolute Gasteiger partial charge is 0.266 e. The normalized spacial score (nSPS) is 10.9. The summed E-state index contributed by atoms with van der Waals surface area (Å²) in [6.07, 6.45) is 4.49. The lowest BCUT2D eigenvalue weighted by molar-refractivity contribution is -0.112. The van der Waals surface area contributed by atoms with Crippen molar-refractivity contribution < 1.29 is 4.79 Å².